The summed E-state index contributed by atoms with van der Waals surface area (Å²) >= 11 is 0. The van der Waals surface area contributed by atoms with E-state index < -0.39 is 221 Å². The molecule has 0 aromatic heterocycles. The molecule has 0 amide bonds. The first-order valence-electron chi connectivity index (χ1n) is 21.4. The van der Waals surface area contributed by atoms with Crippen molar-refractivity contribution >= 4 is 35.8 Å². The Hall–Kier alpha value is -11.3. The highest BCUT2D eigenvalue weighted by molar-refractivity contribution is 6.08. The van der Waals surface area contributed by atoms with Crippen LogP contribution in [0.2, 0.25) is 0 Å². The van der Waals surface area contributed by atoms with E-state index in [1.54, 1.807) is 0 Å². The molecule has 78 heavy (non-hydrogen) atoms. The first-order valence-corrected chi connectivity index (χ1v) is 21.4. The Morgan fingerprint density at radius 1 is 0.397 bits per heavy atom. The lowest BCUT2D eigenvalue weighted by molar-refractivity contribution is -0.282. The lowest BCUT2D eigenvalue weighted by atomic mass is 9.91. The summed E-state index contributed by atoms with van der Waals surface area (Å²) in [7, 11) is 0. The summed E-state index contributed by atoms with van der Waals surface area (Å²) in [6.45, 7) is -1.38. The fourth-order valence-corrected chi connectivity index (χ4v) is 7.72. The molecule has 1 saturated heterocycles. The molecule has 2 aliphatic heterocycles. The number of phenolic OH excluding ortho intramolecular Hbond substituents is 17. The van der Waals surface area contributed by atoms with Crippen molar-refractivity contribution in [2.75, 3.05) is 6.61 Å². The molecule has 0 radical (unpaired) electrons. The highest BCUT2D eigenvalue weighted by atomic mass is 16.7. The van der Waals surface area contributed by atoms with E-state index in [2.05, 4.69) is 0 Å². The van der Waals surface area contributed by atoms with Gasteiger partial charge in [0, 0.05) is 11.1 Å². The van der Waals surface area contributed by atoms with Crippen LogP contribution in [0.1, 0.15) is 62.1 Å². The Bertz CT molecular complexity index is 3500. The second-order valence-electron chi connectivity index (χ2n) is 16.5. The Balaban J connectivity index is 1.31. The molecule has 30 heteroatoms. The predicted octanol–water partition coefficient (Wildman–Crippen LogP) is 2.30. The zero-order chi connectivity index (χ0) is 57.1. The van der Waals surface area contributed by atoms with Crippen molar-refractivity contribution in [3.8, 4) is 115 Å². The molecule has 6 aromatic rings. The number of hydrogen-bond acceptors (Lipinski definition) is 30. The van der Waals surface area contributed by atoms with E-state index >= 15 is 0 Å². The van der Waals surface area contributed by atoms with Crippen LogP contribution in [0.4, 0.5) is 0 Å². The quantitative estimate of drug-likeness (QED) is 0.0450. The van der Waals surface area contributed by atoms with Gasteiger partial charge in [-0.3, -0.25) is 0 Å². The van der Waals surface area contributed by atoms with Gasteiger partial charge >= 0.3 is 35.8 Å². The van der Waals surface area contributed by atoms with Crippen molar-refractivity contribution in [2.45, 2.75) is 30.7 Å². The number of carbonyl (C=O) groups excluding carboxylic acids is 6. The van der Waals surface area contributed by atoms with Gasteiger partial charge in [0.2, 0.25) is 29.6 Å². The molecular weight excluding hydrogens is 1060 g/mol. The molecule has 1 fully saturated rings. The summed E-state index contributed by atoms with van der Waals surface area (Å²) in [6, 6.07) is 4.96. The molecule has 5 atom stereocenters. The highest BCUT2D eigenvalue weighted by Gasteiger charge is 2.55. The van der Waals surface area contributed by atoms with Gasteiger partial charge in [0.05, 0.1) is 33.4 Å². The molecule has 406 valence electrons. The fourth-order valence-electron chi connectivity index (χ4n) is 7.72. The normalized spacial score (nSPS) is 17.8. The van der Waals surface area contributed by atoms with Crippen LogP contribution in [0.3, 0.4) is 0 Å². The van der Waals surface area contributed by atoms with Crippen LogP contribution in [-0.2, 0) is 28.4 Å². The minimum Gasteiger partial charge on any atom is -0.504 e. The molecule has 6 aromatic carbocycles. The van der Waals surface area contributed by atoms with Crippen molar-refractivity contribution in [1.82, 2.24) is 0 Å². The Labute approximate surface area is 429 Å². The number of benzene rings is 6. The fraction of sp³-hybridized carbons (Fsp3) is 0.125. The van der Waals surface area contributed by atoms with Crippen molar-refractivity contribution in [3.63, 3.8) is 0 Å². The van der Waals surface area contributed by atoms with Gasteiger partial charge in [-0.2, -0.15) is 0 Å². The number of ether oxygens (including phenoxy) is 7. The largest absolute Gasteiger partial charge is 0.504 e. The van der Waals surface area contributed by atoms with Crippen molar-refractivity contribution in [3.05, 3.63) is 94.0 Å². The van der Waals surface area contributed by atoms with Crippen LogP contribution in [-0.4, -0.2) is 160 Å². The van der Waals surface area contributed by atoms with Gasteiger partial charge in [0.1, 0.15) is 12.7 Å². The molecule has 30 nitrogen and oxygen atoms in total. The summed E-state index contributed by atoms with van der Waals surface area (Å²) in [5, 5.41) is 177. The average molecular weight is 1090 g/mol. The first-order chi connectivity index (χ1) is 36.7. The topological polar surface area (TPSA) is 511 Å². The SMILES string of the molecule is O=C(Oc1cc(C(=O)OC2C3COC(=O)c4cc(O)c(O)c(O)c4-c4c(cc(O)c(O)c4O)C(=O)OC2C(OC(=O)c2cc(O)c(O)c(O)c2)C(OC(=O)c2cc(O)c(O)c(O)c2)O3)cc(O)c1O)c1cc(O)c(O)c(O)c1. The number of phenols is 17. The molecule has 0 aliphatic carbocycles. The van der Waals surface area contributed by atoms with E-state index in [0.29, 0.717) is 60.7 Å². The Kier molecular flexibility index (Phi) is 13.5. The molecule has 2 heterocycles. The van der Waals surface area contributed by atoms with Crippen molar-refractivity contribution in [1.29, 1.82) is 0 Å². The second kappa shape index (κ2) is 19.9. The van der Waals surface area contributed by atoms with E-state index in [0.717, 1.165) is 0 Å². The maximum Gasteiger partial charge on any atom is 0.343 e. The zero-order valence-electron chi connectivity index (χ0n) is 38.3. The molecule has 5 unspecified atom stereocenters. The summed E-state index contributed by atoms with van der Waals surface area (Å²) in [5.74, 6) is -32.5. The van der Waals surface area contributed by atoms with Gasteiger partial charge in [-0.15, -0.1) is 0 Å². The molecule has 2 aliphatic rings. The summed E-state index contributed by atoms with van der Waals surface area (Å²) in [4.78, 5) is 84.3. The van der Waals surface area contributed by atoms with Crippen molar-refractivity contribution < 1.29 is 149 Å². The number of cyclic esters (lactones) is 1. The van der Waals surface area contributed by atoms with Gasteiger partial charge in [0.25, 0.3) is 0 Å². The number of hydrogen-bond donors (Lipinski definition) is 17. The van der Waals surface area contributed by atoms with E-state index in [1.807, 2.05) is 0 Å². The molecule has 0 spiro atoms. The first kappa shape index (κ1) is 53.0. The van der Waals surface area contributed by atoms with Gasteiger partial charge in [-0.25, -0.2) is 28.8 Å². The molecule has 17 N–H and O–H groups in total. The van der Waals surface area contributed by atoms with Gasteiger partial charge in [-0.1, -0.05) is 0 Å². The average Bonchev–Trinajstić information content (AvgIpc) is 3.54. The number of esters is 6. The van der Waals surface area contributed by atoms with Crippen LogP contribution in [0.5, 0.6) is 103 Å². The number of aromatic hydroxyl groups is 17. The van der Waals surface area contributed by atoms with Crippen LogP contribution in [0.25, 0.3) is 11.1 Å². The third kappa shape index (κ3) is 9.56. The van der Waals surface area contributed by atoms with E-state index in [1.165, 1.54) is 0 Å². The van der Waals surface area contributed by atoms with E-state index in [9.17, 15) is 116 Å². The van der Waals surface area contributed by atoms with Gasteiger partial charge < -0.3 is 120 Å². The summed E-state index contributed by atoms with van der Waals surface area (Å²) in [5.41, 5.74) is -7.97. The summed E-state index contributed by atoms with van der Waals surface area (Å²) in [6.07, 6.45) is -12.8. The van der Waals surface area contributed by atoms with Gasteiger partial charge in [0.15, 0.2) is 98.5 Å². The Morgan fingerprint density at radius 2 is 0.756 bits per heavy atom. The van der Waals surface area contributed by atoms with Crippen LogP contribution in [0, 0.1) is 0 Å². The smallest absolute Gasteiger partial charge is 0.343 e. The third-order valence-electron chi connectivity index (χ3n) is 11.5. The lowest BCUT2D eigenvalue weighted by Crippen LogP contribution is -2.63. The van der Waals surface area contributed by atoms with Gasteiger partial charge in [-0.05, 0) is 60.7 Å². The lowest BCUT2D eigenvalue weighted by Gasteiger charge is -2.44. The third-order valence-corrected chi connectivity index (χ3v) is 11.5. The highest BCUT2D eigenvalue weighted by Crippen LogP contribution is 2.53. The molecule has 8 rings (SSSR count). The zero-order valence-corrected chi connectivity index (χ0v) is 38.3. The Morgan fingerprint density at radius 3 is 1.21 bits per heavy atom. The molecule has 2 bridgehead atoms. The standard InChI is InChI=1S/C48H34O30/c49-18-1-12(2-19(50)31(18)58)42(66)73-27-8-15(7-24(55)34(27)61)44(68)75-39-28-11-72-46(70)16-9-25(56)35(62)37(64)29(16)30-17(10-26(57)36(63)38(30)65)47(71)76-40(39)41(77-43(67)13-3-20(51)32(59)21(52)4-13)48(74-28)78-45(69)14-5-22(53)33(60)23(54)6-14/h1-10,28,39-41,48-65H,11H2. The van der Waals surface area contributed by atoms with Crippen LogP contribution < -0.4 is 4.74 Å². The van der Waals surface area contributed by atoms with Crippen LogP contribution in [0.15, 0.2) is 60.7 Å². The minimum atomic E-state index is -2.69. The number of rotatable bonds is 8. The maximum absolute atomic E-state index is 14.8. The minimum absolute atomic E-state index is 0.321. The monoisotopic (exact) mass is 1090 g/mol. The van der Waals surface area contributed by atoms with E-state index in [4.69, 9.17) is 33.2 Å². The molecule has 0 saturated carbocycles. The second-order valence-corrected chi connectivity index (χ2v) is 16.5. The predicted molar refractivity (Wildman–Crippen MR) is 243 cm³/mol. The van der Waals surface area contributed by atoms with Crippen molar-refractivity contribution in [2.24, 2.45) is 0 Å². The maximum atomic E-state index is 14.8. The summed E-state index contributed by atoms with van der Waals surface area (Å²) < 4.78 is 38.9. The number of fused-ring (bicyclic) bond motifs is 5. The van der Waals surface area contributed by atoms with Crippen LogP contribution >= 0.6 is 0 Å². The molecular formula is C48H34O30. The number of carbonyl (C=O) groups is 6. The van der Waals surface area contributed by atoms with E-state index in [-0.39, 0.29) is 0 Å².